The molecule has 0 radical (unpaired) electrons. The first-order valence-electron chi connectivity index (χ1n) is 6.39. The summed E-state index contributed by atoms with van der Waals surface area (Å²) in [4.78, 5) is 8.86. The van der Waals surface area contributed by atoms with Crippen LogP contribution in [0.15, 0.2) is 58.5 Å². The fourth-order valence-corrected chi connectivity index (χ4v) is 2.92. The molecule has 3 heterocycles. The number of phenols is 1. The number of hydrogen-bond donors (Lipinski definition) is 1. The van der Waals surface area contributed by atoms with Crippen molar-refractivity contribution in [2.24, 2.45) is 0 Å². The van der Waals surface area contributed by atoms with E-state index in [1.165, 1.54) is 11.3 Å². The van der Waals surface area contributed by atoms with E-state index in [2.05, 4.69) is 9.97 Å². The zero-order chi connectivity index (χ0) is 14.2. The van der Waals surface area contributed by atoms with Crippen LogP contribution in [0.5, 0.6) is 5.75 Å². The Bertz CT molecular complexity index is 912. The van der Waals surface area contributed by atoms with Crippen LogP contribution in [0.1, 0.15) is 0 Å². The number of fused-ring (bicyclic) bond motifs is 1. The average molecular weight is 294 g/mol. The highest BCUT2D eigenvalue weighted by Gasteiger charge is 2.12. The molecule has 0 aliphatic rings. The van der Waals surface area contributed by atoms with E-state index in [4.69, 9.17) is 4.42 Å². The van der Waals surface area contributed by atoms with Gasteiger partial charge in [-0.2, -0.15) is 0 Å². The van der Waals surface area contributed by atoms with Crippen LogP contribution in [-0.2, 0) is 0 Å². The average Bonchev–Trinajstić information content (AvgIpc) is 3.14. The molecule has 0 saturated heterocycles. The van der Waals surface area contributed by atoms with Gasteiger partial charge in [0.2, 0.25) is 0 Å². The zero-order valence-electron chi connectivity index (χ0n) is 10.9. The molecular formula is C16H10N2O2S. The fraction of sp³-hybridized carbons (Fsp3) is 0. The lowest BCUT2D eigenvalue weighted by Gasteiger charge is -1.92. The number of aromatic hydroxyl groups is 1. The zero-order valence-corrected chi connectivity index (χ0v) is 11.7. The van der Waals surface area contributed by atoms with Gasteiger partial charge in [-0.05, 0) is 36.4 Å². The Morgan fingerprint density at radius 2 is 2.00 bits per heavy atom. The summed E-state index contributed by atoms with van der Waals surface area (Å²) in [7, 11) is 0. The lowest BCUT2D eigenvalue weighted by Crippen LogP contribution is -1.81. The predicted octanol–water partition coefficient (Wildman–Crippen LogP) is 4.32. The van der Waals surface area contributed by atoms with Gasteiger partial charge in [-0.25, -0.2) is 4.98 Å². The second kappa shape index (κ2) is 4.71. The molecule has 4 aromatic rings. The molecular weight excluding hydrogens is 284 g/mol. The fourth-order valence-electron chi connectivity index (χ4n) is 2.15. The molecule has 0 aliphatic heterocycles. The third-order valence-corrected chi connectivity index (χ3v) is 4.00. The second-order valence-electron chi connectivity index (χ2n) is 4.59. The Balaban J connectivity index is 1.77. The molecule has 0 saturated carbocycles. The van der Waals surface area contributed by atoms with E-state index in [0.717, 1.165) is 27.4 Å². The topological polar surface area (TPSA) is 59.2 Å². The summed E-state index contributed by atoms with van der Waals surface area (Å²) in [6.07, 6.45) is 1.75. The third kappa shape index (κ3) is 2.17. The van der Waals surface area contributed by atoms with Crippen LogP contribution < -0.4 is 0 Å². The Labute approximate surface area is 124 Å². The molecule has 5 heteroatoms. The van der Waals surface area contributed by atoms with E-state index in [1.54, 1.807) is 24.4 Å². The standard InChI is InChI=1S/C16H10N2O2S/c19-11-4-5-14-10(7-11)8-15(20-14)16-18-13(9-21-16)12-3-1-2-6-17-12/h1-9,19H. The summed E-state index contributed by atoms with van der Waals surface area (Å²) in [6.45, 7) is 0. The molecule has 3 aromatic heterocycles. The van der Waals surface area contributed by atoms with Crippen LogP contribution in [-0.4, -0.2) is 15.1 Å². The van der Waals surface area contributed by atoms with Crippen LogP contribution in [0.4, 0.5) is 0 Å². The minimum atomic E-state index is 0.225. The molecule has 0 fully saturated rings. The molecule has 0 aliphatic carbocycles. The van der Waals surface area contributed by atoms with Gasteiger partial charge in [0.05, 0.1) is 5.69 Å². The van der Waals surface area contributed by atoms with Crippen molar-refractivity contribution < 1.29 is 9.52 Å². The molecule has 0 bridgehead atoms. The van der Waals surface area contributed by atoms with E-state index in [0.29, 0.717) is 5.76 Å². The first-order valence-corrected chi connectivity index (χ1v) is 7.27. The Kier molecular flexibility index (Phi) is 2.72. The van der Waals surface area contributed by atoms with E-state index in [1.807, 2.05) is 29.6 Å². The number of furan rings is 1. The molecule has 0 unspecified atom stereocenters. The number of thiazole rings is 1. The van der Waals surface area contributed by atoms with Crippen molar-refractivity contribution in [3.63, 3.8) is 0 Å². The van der Waals surface area contributed by atoms with E-state index in [9.17, 15) is 5.11 Å². The van der Waals surface area contributed by atoms with Crippen LogP contribution in [0.25, 0.3) is 33.1 Å². The minimum absolute atomic E-state index is 0.225. The van der Waals surface area contributed by atoms with Gasteiger partial charge in [0.25, 0.3) is 0 Å². The lowest BCUT2D eigenvalue weighted by atomic mass is 10.2. The summed E-state index contributed by atoms with van der Waals surface area (Å²) in [5.41, 5.74) is 2.41. The quantitative estimate of drug-likeness (QED) is 0.598. The molecule has 0 spiro atoms. The van der Waals surface area contributed by atoms with Crippen molar-refractivity contribution in [2.75, 3.05) is 0 Å². The van der Waals surface area contributed by atoms with Crippen molar-refractivity contribution >= 4 is 22.3 Å². The van der Waals surface area contributed by atoms with E-state index < -0.39 is 0 Å². The summed E-state index contributed by atoms with van der Waals surface area (Å²) in [5, 5.41) is 13.1. The molecule has 4 rings (SSSR count). The van der Waals surface area contributed by atoms with Crippen LogP contribution >= 0.6 is 11.3 Å². The van der Waals surface area contributed by atoms with Crippen LogP contribution in [0.3, 0.4) is 0 Å². The minimum Gasteiger partial charge on any atom is -0.508 e. The van der Waals surface area contributed by atoms with Crippen molar-refractivity contribution in [1.29, 1.82) is 0 Å². The maximum atomic E-state index is 9.50. The van der Waals surface area contributed by atoms with Gasteiger partial charge in [0.1, 0.15) is 17.0 Å². The normalized spacial score (nSPS) is 11.0. The van der Waals surface area contributed by atoms with Gasteiger partial charge in [-0.15, -0.1) is 11.3 Å². The predicted molar refractivity (Wildman–Crippen MR) is 82.2 cm³/mol. The van der Waals surface area contributed by atoms with E-state index >= 15 is 0 Å². The molecule has 21 heavy (non-hydrogen) atoms. The maximum Gasteiger partial charge on any atom is 0.164 e. The SMILES string of the molecule is Oc1ccc2oc(-c3nc(-c4ccccn4)cs3)cc2c1. The van der Waals surface area contributed by atoms with Crippen molar-refractivity contribution in [3.8, 4) is 27.9 Å². The summed E-state index contributed by atoms with van der Waals surface area (Å²) in [5.74, 6) is 0.922. The molecule has 102 valence electrons. The molecule has 0 amide bonds. The smallest absolute Gasteiger partial charge is 0.164 e. The van der Waals surface area contributed by atoms with Crippen molar-refractivity contribution in [3.05, 3.63) is 54.0 Å². The number of nitrogens with zero attached hydrogens (tertiary/aromatic N) is 2. The third-order valence-electron chi connectivity index (χ3n) is 3.14. The first-order chi connectivity index (χ1) is 10.3. The van der Waals surface area contributed by atoms with Gasteiger partial charge >= 0.3 is 0 Å². The van der Waals surface area contributed by atoms with Crippen LogP contribution in [0, 0.1) is 0 Å². The molecule has 1 N–H and O–H groups in total. The van der Waals surface area contributed by atoms with Crippen molar-refractivity contribution in [2.45, 2.75) is 0 Å². The number of aromatic nitrogens is 2. The van der Waals surface area contributed by atoms with Gasteiger partial charge in [0, 0.05) is 17.0 Å². The Morgan fingerprint density at radius 3 is 2.86 bits per heavy atom. The highest BCUT2D eigenvalue weighted by Crippen LogP contribution is 2.33. The molecule has 0 atom stereocenters. The summed E-state index contributed by atoms with van der Waals surface area (Å²) in [6, 6.07) is 12.7. The highest BCUT2D eigenvalue weighted by molar-refractivity contribution is 7.13. The first kappa shape index (κ1) is 12.1. The lowest BCUT2D eigenvalue weighted by molar-refractivity contribution is 0.476. The monoisotopic (exact) mass is 294 g/mol. The Morgan fingerprint density at radius 1 is 1.05 bits per heavy atom. The maximum absolute atomic E-state index is 9.50. The molecule has 1 aromatic carbocycles. The van der Waals surface area contributed by atoms with Gasteiger partial charge in [-0.3, -0.25) is 4.98 Å². The number of hydrogen-bond acceptors (Lipinski definition) is 5. The van der Waals surface area contributed by atoms with Crippen LogP contribution in [0.2, 0.25) is 0 Å². The molecule has 4 nitrogen and oxygen atoms in total. The summed E-state index contributed by atoms with van der Waals surface area (Å²) < 4.78 is 5.77. The van der Waals surface area contributed by atoms with Crippen molar-refractivity contribution in [1.82, 2.24) is 9.97 Å². The van der Waals surface area contributed by atoms with Gasteiger partial charge in [0.15, 0.2) is 10.8 Å². The highest BCUT2D eigenvalue weighted by atomic mass is 32.1. The Hall–Kier alpha value is -2.66. The number of benzene rings is 1. The number of pyridine rings is 1. The number of phenolic OH excluding ortho intramolecular Hbond substituents is 1. The second-order valence-corrected chi connectivity index (χ2v) is 5.44. The number of rotatable bonds is 2. The largest absolute Gasteiger partial charge is 0.508 e. The van der Waals surface area contributed by atoms with Gasteiger partial charge in [-0.1, -0.05) is 6.07 Å². The van der Waals surface area contributed by atoms with Gasteiger partial charge < -0.3 is 9.52 Å². The van der Waals surface area contributed by atoms with E-state index in [-0.39, 0.29) is 5.75 Å². The summed E-state index contributed by atoms with van der Waals surface area (Å²) >= 11 is 1.51.